The van der Waals surface area contributed by atoms with Gasteiger partial charge in [-0.2, -0.15) is 0 Å². The van der Waals surface area contributed by atoms with E-state index in [9.17, 15) is 4.39 Å². The number of halogens is 1. The van der Waals surface area contributed by atoms with Crippen LogP contribution < -0.4 is 5.73 Å². The molecule has 0 heterocycles. The smallest absolute Gasteiger partial charge is 0.135 e. The van der Waals surface area contributed by atoms with Crippen LogP contribution in [0.25, 0.3) is 11.1 Å². The van der Waals surface area contributed by atoms with Crippen LogP contribution in [0, 0.1) is 12.7 Å². The van der Waals surface area contributed by atoms with Gasteiger partial charge in [-0.05, 0) is 43.5 Å². The molecule has 0 aromatic heterocycles. The molecule has 0 fully saturated rings. The van der Waals surface area contributed by atoms with E-state index in [2.05, 4.69) is 13.2 Å². The highest BCUT2D eigenvalue weighted by Crippen LogP contribution is 2.32. The Morgan fingerprint density at radius 2 is 1.80 bits per heavy atom. The van der Waals surface area contributed by atoms with Crippen molar-refractivity contribution in [3.05, 3.63) is 41.7 Å². The molecule has 2 N–H and O–H groups in total. The number of benzene rings is 1. The summed E-state index contributed by atoms with van der Waals surface area (Å²) < 4.78 is 13.8. The summed E-state index contributed by atoms with van der Waals surface area (Å²) in [5, 5.41) is 0. The molecule has 1 aromatic carbocycles. The maximum atomic E-state index is 13.8. The summed E-state index contributed by atoms with van der Waals surface area (Å²) >= 11 is 0. The second-order valence-corrected chi connectivity index (χ2v) is 3.90. The van der Waals surface area contributed by atoms with Gasteiger partial charge in [0, 0.05) is 16.8 Å². The fourth-order valence-corrected chi connectivity index (χ4v) is 1.58. The van der Waals surface area contributed by atoms with Crippen LogP contribution in [0.5, 0.6) is 0 Å². The fourth-order valence-electron chi connectivity index (χ4n) is 1.58. The lowest BCUT2D eigenvalue weighted by Crippen LogP contribution is -2.02. The van der Waals surface area contributed by atoms with Crippen LogP contribution in [0.1, 0.15) is 30.5 Å². The molecule has 0 bridgehead atoms. The summed E-state index contributed by atoms with van der Waals surface area (Å²) in [4.78, 5) is 0. The normalized spacial score (nSPS) is 10.1. The molecule has 0 saturated carbocycles. The van der Waals surface area contributed by atoms with Crippen molar-refractivity contribution in [1.82, 2.24) is 0 Å². The van der Waals surface area contributed by atoms with Gasteiger partial charge in [0.1, 0.15) is 5.82 Å². The molecule has 0 spiro atoms. The molecule has 80 valence electrons. The minimum atomic E-state index is -0.287. The lowest BCUT2D eigenvalue weighted by molar-refractivity contribution is 0.615. The van der Waals surface area contributed by atoms with Gasteiger partial charge in [0.15, 0.2) is 0 Å². The Labute approximate surface area is 90.1 Å². The molecule has 0 aliphatic heterocycles. The Morgan fingerprint density at radius 1 is 1.27 bits per heavy atom. The molecule has 0 saturated heterocycles. The lowest BCUT2D eigenvalue weighted by Gasteiger charge is -2.14. The van der Waals surface area contributed by atoms with E-state index in [4.69, 9.17) is 5.73 Å². The van der Waals surface area contributed by atoms with Gasteiger partial charge in [0.2, 0.25) is 0 Å². The molecule has 1 rings (SSSR count). The number of nitrogen functional groups attached to an aromatic ring is 1. The monoisotopic (exact) mass is 205 g/mol. The Kier molecular flexibility index (Phi) is 2.98. The third-order valence-electron chi connectivity index (χ3n) is 2.37. The molecule has 0 aliphatic carbocycles. The molecule has 1 aromatic rings. The maximum Gasteiger partial charge on any atom is 0.135 e. The average Bonchev–Trinajstić information content (AvgIpc) is 2.10. The van der Waals surface area contributed by atoms with Crippen molar-refractivity contribution in [2.24, 2.45) is 0 Å². The molecule has 0 atom stereocenters. The quantitative estimate of drug-likeness (QED) is 0.730. The summed E-state index contributed by atoms with van der Waals surface area (Å²) in [5.41, 5.74) is 9.57. The Balaban J connectivity index is 3.63. The Hall–Kier alpha value is -1.57. The van der Waals surface area contributed by atoms with Gasteiger partial charge in [0.05, 0.1) is 0 Å². The first-order valence-corrected chi connectivity index (χ1v) is 4.76. The minimum absolute atomic E-state index is 0.287. The van der Waals surface area contributed by atoms with Gasteiger partial charge in [-0.3, -0.25) is 0 Å². The zero-order valence-corrected chi connectivity index (χ0v) is 9.45. The molecule has 1 nitrogen and oxygen atoms in total. The predicted molar refractivity (Wildman–Crippen MR) is 65.0 cm³/mol. The Bertz CT molecular complexity index is 444. The van der Waals surface area contributed by atoms with E-state index >= 15 is 0 Å². The number of allylic oxidation sites excluding steroid dienone is 2. The number of hydrogen-bond donors (Lipinski definition) is 1. The second-order valence-electron chi connectivity index (χ2n) is 3.90. The minimum Gasteiger partial charge on any atom is -0.398 e. The van der Waals surface area contributed by atoms with E-state index in [1.54, 1.807) is 19.9 Å². The van der Waals surface area contributed by atoms with E-state index < -0.39 is 0 Å². The zero-order valence-electron chi connectivity index (χ0n) is 9.45. The molecule has 2 heteroatoms. The van der Waals surface area contributed by atoms with Gasteiger partial charge in [-0.1, -0.05) is 13.2 Å². The average molecular weight is 205 g/mol. The van der Waals surface area contributed by atoms with Crippen LogP contribution in [0.3, 0.4) is 0 Å². The fraction of sp³-hybridized carbons (Fsp3) is 0.231. The van der Waals surface area contributed by atoms with E-state index in [1.165, 1.54) is 0 Å². The van der Waals surface area contributed by atoms with Gasteiger partial charge in [0.25, 0.3) is 0 Å². The third kappa shape index (κ3) is 1.94. The summed E-state index contributed by atoms with van der Waals surface area (Å²) in [7, 11) is 0. The first-order valence-electron chi connectivity index (χ1n) is 4.76. The van der Waals surface area contributed by atoms with Gasteiger partial charge in [-0.15, -0.1) is 0 Å². The van der Waals surface area contributed by atoms with E-state index in [1.807, 2.05) is 6.92 Å². The van der Waals surface area contributed by atoms with Crippen molar-refractivity contribution in [2.75, 3.05) is 5.73 Å². The molecule has 0 amide bonds. The zero-order chi connectivity index (χ0) is 11.7. The lowest BCUT2D eigenvalue weighted by atomic mass is 9.95. The number of anilines is 1. The van der Waals surface area contributed by atoms with Crippen LogP contribution in [-0.4, -0.2) is 0 Å². The van der Waals surface area contributed by atoms with E-state index in [0.29, 0.717) is 22.4 Å². The molecule has 0 aliphatic rings. The number of nitrogens with two attached hydrogens (primary N) is 1. The predicted octanol–water partition coefficient (Wildman–Crippen LogP) is 3.78. The number of aryl methyl sites for hydroxylation is 1. The van der Waals surface area contributed by atoms with Crippen LogP contribution in [0.15, 0.2) is 19.2 Å². The van der Waals surface area contributed by atoms with Crippen molar-refractivity contribution in [3.63, 3.8) is 0 Å². The number of hydrogen-bond acceptors (Lipinski definition) is 1. The van der Waals surface area contributed by atoms with Crippen LogP contribution >= 0.6 is 0 Å². The molecule has 15 heavy (non-hydrogen) atoms. The van der Waals surface area contributed by atoms with Crippen molar-refractivity contribution >= 4 is 16.8 Å². The molecular formula is C13H16FN. The summed E-state index contributed by atoms with van der Waals surface area (Å²) in [6, 6.07) is 1.72. The van der Waals surface area contributed by atoms with E-state index in [0.717, 1.165) is 11.1 Å². The van der Waals surface area contributed by atoms with Gasteiger partial charge < -0.3 is 5.73 Å². The number of rotatable bonds is 2. The van der Waals surface area contributed by atoms with Crippen molar-refractivity contribution < 1.29 is 4.39 Å². The first-order chi connectivity index (χ1) is 6.86. The highest BCUT2D eigenvalue weighted by atomic mass is 19.1. The molecular weight excluding hydrogens is 189 g/mol. The Morgan fingerprint density at radius 3 is 2.20 bits per heavy atom. The first kappa shape index (κ1) is 11.5. The largest absolute Gasteiger partial charge is 0.398 e. The highest BCUT2D eigenvalue weighted by Gasteiger charge is 2.14. The van der Waals surface area contributed by atoms with Gasteiger partial charge in [-0.25, -0.2) is 4.39 Å². The summed E-state index contributed by atoms with van der Waals surface area (Å²) in [5.74, 6) is -0.287. The highest BCUT2D eigenvalue weighted by molar-refractivity contribution is 5.83. The maximum absolute atomic E-state index is 13.8. The summed E-state index contributed by atoms with van der Waals surface area (Å²) in [6.07, 6.45) is 0. The third-order valence-corrected chi connectivity index (χ3v) is 2.37. The second kappa shape index (κ2) is 3.89. The molecule has 0 unspecified atom stereocenters. The van der Waals surface area contributed by atoms with Crippen molar-refractivity contribution in [1.29, 1.82) is 0 Å². The standard InChI is InChI=1S/C13H16FN/c1-7(2)10-6-9(5)12(14)11(8(3)4)13(10)15/h6H,1,3,15H2,2,4-5H3. The van der Waals surface area contributed by atoms with Crippen molar-refractivity contribution in [2.45, 2.75) is 20.8 Å². The van der Waals surface area contributed by atoms with Gasteiger partial charge >= 0.3 is 0 Å². The topological polar surface area (TPSA) is 26.0 Å². The SMILES string of the molecule is C=C(C)c1cc(C)c(F)c(C(=C)C)c1N. The van der Waals surface area contributed by atoms with Crippen LogP contribution in [0.4, 0.5) is 10.1 Å². The van der Waals surface area contributed by atoms with Crippen LogP contribution in [0.2, 0.25) is 0 Å². The van der Waals surface area contributed by atoms with Crippen LogP contribution in [-0.2, 0) is 0 Å². The molecule has 0 radical (unpaired) electrons. The van der Waals surface area contributed by atoms with E-state index in [-0.39, 0.29) is 5.82 Å². The van der Waals surface area contributed by atoms with Crippen molar-refractivity contribution in [3.8, 4) is 0 Å². The summed E-state index contributed by atoms with van der Waals surface area (Å²) in [6.45, 7) is 12.9.